The van der Waals surface area contributed by atoms with Crippen LogP contribution in [0.1, 0.15) is 44.2 Å². The molecule has 3 unspecified atom stereocenters. The molecule has 2 aliphatic rings. The smallest absolute Gasteiger partial charge is 0.245 e. The lowest BCUT2D eigenvalue weighted by Gasteiger charge is -2.28. The molecule has 5 heteroatoms. The third-order valence-electron chi connectivity index (χ3n) is 4.16. The third kappa shape index (κ3) is 2.50. The largest absolute Gasteiger partial charge is 0.489 e. The highest BCUT2D eigenvalue weighted by molar-refractivity contribution is 6.32. The minimum Gasteiger partial charge on any atom is -0.489 e. The number of anilines is 1. The van der Waals surface area contributed by atoms with Crippen LogP contribution >= 0.6 is 11.6 Å². The number of benzene rings is 1. The van der Waals surface area contributed by atoms with Gasteiger partial charge in [0.05, 0.1) is 11.1 Å². The van der Waals surface area contributed by atoms with Gasteiger partial charge in [-0.25, -0.2) is 0 Å². The summed E-state index contributed by atoms with van der Waals surface area (Å²) in [5, 5.41) is 3.28. The van der Waals surface area contributed by atoms with Gasteiger partial charge in [-0.2, -0.15) is 0 Å². The first-order valence-electron chi connectivity index (χ1n) is 7.11. The number of carbonyl (C=O) groups excluding carboxylic acids is 1. The molecule has 3 N–H and O–H groups in total. The van der Waals surface area contributed by atoms with E-state index in [0.717, 1.165) is 18.4 Å². The molecule has 1 amide bonds. The maximum absolute atomic E-state index is 11.6. The van der Waals surface area contributed by atoms with Crippen LogP contribution in [-0.4, -0.2) is 12.0 Å². The van der Waals surface area contributed by atoms with Crippen molar-refractivity contribution in [2.75, 3.05) is 5.32 Å². The van der Waals surface area contributed by atoms with Crippen LogP contribution in [0, 0.1) is 5.92 Å². The lowest BCUT2D eigenvalue weighted by molar-refractivity contribution is -0.116. The topological polar surface area (TPSA) is 64.3 Å². The Morgan fingerprint density at radius 1 is 1.40 bits per heavy atom. The quantitative estimate of drug-likeness (QED) is 0.880. The molecule has 1 aromatic rings. The van der Waals surface area contributed by atoms with Crippen molar-refractivity contribution in [1.82, 2.24) is 0 Å². The normalized spacial score (nSPS) is 28.9. The number of nitrogens with two attached hydrogens (primary N) is 1. The molecular formula is C15H19ClN2O2. The molecule has 1 aromatic carbocycles. The minimum atomic E-state index is -0.633. The number of hydrogen-bond acceptors (Lipinski definition) is 3. The molecule has 3 atom stereocenters. The molecular weight excluding hydrogens is 276 g/mol. The van der Waals surface area contributed by atoms with E-state index < -0.39 is 6.04 Å². The fraction of sp³-hybridized carbons (Fsp3) is 0.533. The number of rotatable bonds is 2. The summed E-state index contributed by atoms with van der Waals surface area (Å²) in [7, 11) is 0. The Morgan fingerprint density at radius 2 is 2.20 bits per heavy atom. The number of fused-ring (bicyclic) bond motifs is 1. The van der Waals surface area contributed by atoms with Crippen molar-refractivity contribution in [2.45, 2.75) is 44.8 Å². The zero-order chi connectivity index (χ0) is 14.3. The molecule has 1 heterocycles. The summed E-state index contributed by atoms with van der Waals surface area (Å²) in [4.78, 5) is 11.6. The molecule has 0 bridgehead atoms. The van der Waals surface area contributed by atoms with E-state index in [1.807, 2.05) is 0 Å². The van der Waals surface area contributed by atoms with Crippen molar-refractivity contribution < 1.29 is 9.53 Å². The second-order valence-corrected chi connectivity index (χ2v) is 6.26. The van der Waals surface area contributed by atoms with E-state index in [4.69, 9.17) is 22.1 Å². The van der Waals surface area contributed by atoms with Gasteiger partial charge < -0.3 is 15.8 Å². The zero-order valence-corrected chi connectivity index (χ0v) is 12.2. The van der Waals surface area contributed by atoms with Crippen LogP contribution in [0.15, 0.2) is 12.1 Å². The van der Waals surface area contributed by atoms with Gasteiger partial charge in [0.2, 0.25) is 5.91 Å². The van der Waals surface area contributed by atoms with E-state index in [1.165, 1.54) is 12.8 Å². The van der Waals surface area contributed by atoms with Crippen LogP contribution in [0.25, 0.3) is 0 Å². The van der Waals surface area contributed by atoms with E-state index in [0.29, 0.717) is 22.4 Å². The van der Waals surface area contributed by atoms with Crippen LogP contribution < -0.4 is 15.8 Å². The molecule has 1 saturated carbocycles. The van der Waals surface area contributed by atoms with Crippen molar-refractivity contribution in [3.63, 3.8) is 0 Å². The monoisotopic (exact) mass is 294 g/mol. The highest BCUT2D eigenvalue weighted by Crippen LogP contribution is 2.39. The van der Waals surface area contributed by atoms with Crippen molar-refractivity contribution in [2.24, 2.45) is 11.7 Å². The van der Waals surface area contributed by atoms with Gasteiger partial charge in [-0.05, 0) is 31.2 Å². The van der Waals surface area contributed by atoms with Crippen LogP contribution in [0.5, 0.6) is 5.75 Å². The number of amides is 1. The lowest BCUT2D eigenvalue weighted by atomic mass is 9.89. The molecule has 1 aliphatic heterocycles. The Labute approximate surface area is 123 Å². The summed E-state index contributed by atoms with van der Waals surface area (Å²) in [6, 6.07) is 2.90. The average Bonchev–Trinajstić information content (AvgIpc) is 2.66. The number of hydrogen-bond donors (Lipinski definition) is 2. The van der Waals surface area contributed by atoms with Gasteiger partial charge >= 0.3 is 0 Å². The number of nitrogens with one attached hydrogen (secondary N) is 1. The first-order valence-corrected chi connectivity index (χ1v) is 7.49. The Morgan fingerprint density at radius 3 is 2.95 bits per heavy atom. The molecule has 3 rings (SSSR count). The summed E-state index contributed by atoms with van der Waals surface area (Å²) in [6.45, 7) is 2.25. The van der Waals surface area contributed by atoms with Gasteiger partial charge in [0.1, 0.15) is 11.8 Å². The maximum atomic E-state index is 11.6. The van der Waals surface area contributed by atoms with Gasteiger partial charge in [0.15, 0.2) is 0 Å². The molecule has 108 valence electrons. The summed E-state index contributed by atoms with van der Waals surface area (Å²) in [5.41, 5.74) is 7.25. The van der Waals surface area contributed by atoms with Gasteiger partial charge in [-0.1, -0.05) is 24.9 Å². The third-order valence-corrected chi connectivity index (χ3v) is 4.46. The van der Waals surface area contributed by atoms with Crippen molar-refractivity contribution in [3.05, 3.63) is 22.7 Å². The molecule has 0 radical (unpaired) electrons. The highest BCUT2D eigenvalue weighted by atomic mass is 35.5. The lowest BCUT2D eigenvalue weighted by Crippen LogP contribution is -2.24. The molecule has 1 aliphatic carbocycles. The SMILES string of the molecule is CC1CCCC(Oc2cc3c(cc2Cl)C(N)C(=O)N3)C1. The molecule has 0 spiro atoms. The Hall–Kier alpha value is -1.26. The summed E-state index contributed by atoms with van der Waals surface area (Å²) < 4.78 is 6.03. The molecule has 20 heavy (non-hydrogen) atoms. The second kappa shape index (κ2) is 5.26. The van der Waals surface area contributed by atoms with Crippen LogP contribution in [0.4, 0.5) is 5.69 Å². The molecule has 4 nitrogen and oxygen atoms in total. The van der Waals surface area contributed by atoms with E-state index in [9.17, 15) is 4.79 Å². The van der Waals surface area contributed by atoms with Gasteiger partial charge in [-0.3, -0.25) is 4.79 Å². The predicted molar refractivity (Wildman–Crippen MR) is 79.1 cm³/mol. The maximum Gasteiger partial charge on any atom is 0.245 e. The van der Waals surface area contributed by atoms with Gasteiger partial charge in [-0.15, -0.1) is 0 Å². The fourth-order valence-electron chi connectivity index (χ4n) is 3.04. The minimum absolute atomic E-state index is 0.195. The van der Waals surface area contributed by atoms with Gasteiger partial charge in [0, 0.05) is 17.3 Å². The van der Waals surface area contributed by atoms with Crippen LogP contribution in [0.3, 0.4) is 0 Å². The highest BCUT2D eigenvalue weighted by Gasteiger charge is 2.29. The summed E-state index contributed by atoms with van der Waals surface area (Å²) in [5.74, 6) is 1.13. The Balaban J connectivity index is 1.81. The van der Waals surface area contributed by atoms with E-state index in [-0.39, 0.29) is 12.0 Å². The number of ether oxygens (including phenoxy) is 1. The average molecular weight is 295 g/mol. The van der Waals surface area contributed by atoms with E-state index in [2.05, 4.69) is 12.2 Å². The Bertz CT molecular complexity index is 547. The molecule has 0 aromatic heterocycles. The standard InChI is InChI=1S/C15H19ClN2O2/c1-8-3-2-4-9(5-8)20-13-7-12-10(6-11(13)16)14(17)15(19)18-12/h6-9,14H,2-5,17H2,1H3,(H,18,19). The molecule has 0 saturated heterocycles. The van der Waals surface area contributed by atoms with Crippen molar-refractivity contribution in [1.29, 1.82) is 0 Å². The Kier molecular flexibility index (Phi) is 3.61. The number of carbonyl (C=O) groups is 1. The van der Waals surface area contributed by atoms with Crippen LogP contribution in [0.2, 0.25) is 5.02 Å². The molecule has 1 fully saturated rings. The second-order valence-electron chi connectivity index (χ2n) is 5.85. The fourth-order valence-corrected chi connectivity index (χ4v) is 3.26. The van der Waals surface area contributed by atoms with Gasteiger partial charge in [0.25, 0.3) is 0 Å². The van der Waals surface area contributed by atoms with Crippen molar-refractivity contribution in [3.8, 4) is 5.75 Å². The van der Waals surface area contributed by atoms with E-state index in [1.54, 1.807) is 12.1 Å². The summed E-state index contributed by atoms with van der Waals surface area (Å²) >= 11 is 6.26. The number of halogens is 1. The van der Waals surface area contributed by atoms with Crippen molar-refractivity contribution >= 4 is 23.2 Å². The summed E-state index contributed by atoms with van der Waals surface area (Å²) in [6.07, 6.45) is 4.78. The first-order chi connectivity index (χ1) is 9.54. The first kappa shape index (κ1) is 13.7. The predicted octanol–water partition coefficient (Wildman–Crippen LogP) is 3.25. The van der Waals surface area contributed by atoms with E-state index >= 15 is 0 Å². The zero-order valence-electron chi connectivity index (χ0n) is 11.5. The van der Waals surface area contributed by atoms with Crippen LogP contribution in [-0.2, 0) is 4.79 Å².